The molecule has 0 bridgehead atoms. The summed E-state index contributed by atoms with van der Waals surface area (Å²) in [5, 5.41) is 13.8. The summed E-state index contributed by atoms with van der Waals surface area (Å²) >= 11 is 1.58. The third kappa shape index (κ3) is 3.15. The number of nitrogens with one attached hydrogen (secondary N) is 2. The first kappa shape index (κ1) is 16.9. The predicted molar refractivity (Wildman–Crippen MR) is 104 cm³/mol. The summed E-state index contributed by atoms with van der Waals surface area (Å²) in [5.41, 5.74) is 1.82. The maximum Gasteiger partial charge on any atom is 0.258 e. The first-order valence-corrected chi connectivity index (χ1v) is 9.45. The quantitative estimate of drug-likeness (QED) is 0.721. The number of benzene rings is 1. The van der Waals surface area contributed by atoms with Crippen LogP contribution in [0.5, 0.6) is 0 Å². The van der Waals surface area contributed by atoms with Gasteiger partial charge in [-0.25, -0.2) is 4.98 Å². The Balaban J connectivity index is 1.46. The molecule has 1 aliphatic rings. The van der Waals surface area contributed by atoms with Crippen LogP contribution in [0.2, 0.25) is 0 Å². The van der Waals surface area contributed by atoms with Crippen LogP contribution < -0.4 is 15.8 Å². The zero-order valence-corrected chi connectivity index (χ0v) is 15.6. The van der Waals surface area contributed by atoms with Crippen molar-refractivity contribution in [2.24, 2.45) is 0 Å². The number of fused-ring (bicyclic) bond motifs is 1. The lowest BCUT2D eigenvalue weighted by molar-refractivity contribution is 0.198. The van der Waals surface area contributed by atoms with Crippen LogP contribution in [0.15, 0.2) is 29.3 Å². The van der Waals surface area contributed by atoms with E-state index in [1.165, 1.54) is 11.9 Å². The molecule has 1 atom stereocenters. The van der Waals surface area contributed by atoms with Crippen molar-refractivity contribution in [3.05, 3.63) is 40.4 Å². The highest BCUT2D eigenvalue weighted by atomic mass is 32.1. The summed E-state index contributed by atoms with van der Waals surface area (Å²) in [6, 6.07) is 6.18. The molecule has 3 aromatic rings. The van der Waals surface area contributed by atoms with E-state index in [-0.39, 0.29) is 11.6 Å². The van der Waals surface area contributed by atoms with E-state index in [4.69, 9.17) is 0 Å². The van der Waals surface area contributed by atoms with Crippen LogP contribution in [0.4, 0.5) is 10.3 Å². The van der Waals surface area contributed by atoms with Crippen molar-refractivity contribution in [3.8, 4) is 0 Å². The molecule has 8 nitrogen and oxygen atoms in total. The van der Waals surface area contributed by atoms with E-state index in [2.05, 4.69) is 42.2 Å². The predicted octanol–water partition coefficient (Wildman–Crippen LogP) is 1.70. The van der Waals surface area contributed by atoms with E-state index in [1.54, 1.807) is 11.3 Å². The zero-order valence-electron chi connectivity index (χ0n) is 14.8. The maximum absolute atomic E-state index is 11.8. The molecule has 0 saturated carbocycles. The Labute approximate surface area is 154 Å². The lowest BCUT2D eigenvalue weighted by Gasteiger charge is -2.38. The van der Waals surface area contributed by atoms with E-state index in [0.717, 1.165) is 42.0 Å². The average molecular weight is 371 g/mol. The van der Waals surface area contributed by atoms with Gasteiger partial charge in [-0.05, 0) is 24.6 Å². The number of rotatable bonds is 4. The number of aromatic nitrogens is 4. The summed E-state index contributed by atoms with van der Waals surface area (Å²) in [4.78, 5) is 23.5. The smallest absolute Gasteiger partial charge is 0.258 e. The van der Waals surface area contributed by atoms with Gasteiger partial charge >= 0.3 is 0 Å². The molecule has 0 radical (unpaired) electrons. The Morgan fingerprint density at radius 3 is 2.77 bits per heavy atom. The second-order valence-electron chi connectivity index (χ2n) is 6.35. The molecule has 2 N–H and O–H groups in total. The third-order valence-corrected chi connectivity index (χ3v) is 5.91. The average Bonchev–Trinajstić information content (AvgIpc) is 3.17. The minimum absolute atomic E-state index is 0.0965. The molecule has 1 aromatic carbocycles. The normalized spacial score (nSPS) is 16.8. The molecule has 4 rings (SSSR count). The highest BCUT2D eigenvalue weighted by Crippen LogP contribution is 2.27. The standard InChI is InChI=1S/C17H21N7OS/c1-11(12-3-4-13-14(9-12)19-10-20-15(13)25)23-5-7-24(8-6-23)17-22-21-16(18-2)26-17/h3-4,9-11H,5-8H2,1-2H3,(H,18,21)(H,19,20,25). The SMILES string of the molecule is CNc1nnc(N2CCN(C(C)c3ccc4c(=O)[nH]cnc4c3)CC2)s1. The monoisotopic (exact) mass is 371 g/mol. The van der Waals surface area contributed by atoms with Gasteiger partial charge in [0.05, 0.1) is 17.2 Å². The molecule has 1 aliphatic heterocycles. The first-order chi connectivity index (χ1) is 12.7. The van der Waals surface area contributed by atoms with Crippen molar-refractivity contribution in [1.29, 1.82) is 0 Å². The molecule has 1 saturated heterocycles. The van der Waals surface area contributed by atoms with Crippen molar-refractivity contribution in [3.63, 3.8) is 0 Å². The van der Waals surface area contributed by atoms with E-state index in [9.17, 15) is 4.79 Å². The number of H-pyrrole nitrogens is 1. The van der Waals surface area contributed by atoms with Gasteiger partial charge in [0.2, 0.25) is 10.3 Å². The highest BCUT2D eigenvalue weighted by molar-refractivity contribution is 7.19. The minimum Gasteiger partial charge on any atom is -0.363 e. The van der Waals surface area contributed by atoms with E-state index < -0.39 is 0 Å². The van der Waals surface area contributed by atoms with Gasteiger partial charge < -0.3 is 15.2 Å². The van der Waals surface area contributed by atoms with Crippen molar-refractivity contribution in [1.82, 2.24) is 25.1 Å². The van der Waals surface area contributed by atoms with E-state index in [0.29, 0.717) is 5.39 Å². The van der Waals surface area contributed by atoms with E-state index >= 15 is 0 Å². The zero-order chi connectivity index (χ0) is 18.1. The van der Waals surface area contributed by atoms with Crippen molar-refractivity contribution in [2.45, 2.75) is 13.0 Å². The lowest BCUT2D eigenvalue weighted by Crippen LogP contribution is -2.47. The van der Waals surface area contributed by atoms with E-state index in [1.807, 2.05) is 25.2 Å². The molecule has 26 heavy (non-hydrogen) atoms. The summed E-state index contributed by atoms with van der Waals surface area (Å²) in [5.74, 6) is 0. The van der Waals surface area contributed by atoms with Gasteiger partial charge in [-0.3, -0.25) is 9.69 Å². The Morgan fingerprint density at radius 2 is 2.04 bits per heavy atom. The van der Waals surface area contributed by atoms with Gasteiger partial charge in [0.25, 0.3) is 5.56 Å². The molecule has 0 spiro atoms. The molecule has 0 amide bonds. The van der Waals surface area contributed by atoms with Crippen LogP contribution in [0, 0.1) is 0 Å². The maximum atomic E-state index is 11.8. The summed E-state index contributed by atoms with van der Waals surface area (Å²) in [6.07, 6.45) is 1.46. The second kappa shape index (κ2) is 7.00. The number of nitrogens with zero attached hydrogens (tertiary/aromatic N) is 5. The fraction of sp³-hybridized carbons (Fsp3) is 0.412. The molecule has 9 heteroatoms. The van der Waals surface area contributed by atoms with Crippen LogP contribution in [-0.2, 0) is 0 Å². The fourth-order valence-corrected chi connectivity index (χ4v) is 4.05. The van der Waals surface area contributed by atoms with Crippen LogP contribution in [0.1, 0.15) is 18.5 Å². The minimum atomic E-state index is -0.0965. The second-order valence-corrected chi connectivity index (χ2v) is 7.30. The molecular formula is C17H21N7OS. The van der Waals surface area contributed by atoms with Crippen LogP contribution in [0.25, 0.3) is 10.9 Å². The van der Waals surface area contributed by atoms with Crippen molar-refractivity contribution < 1.29 is 0 Å². The summed E-state index contributed by atoms with van der Waals surface area (Å²) < 4.78 is 0. The summed E-state index contributed by atoms with van der Waals surface area (Å²) in [7, 11) is 1.86. The molecular weight excluding hydrogens is 350 g/mol. The molecule has 0 aliphatic carbocycles. The van der Waals surface area contributed by atoms with Gasteiger partial charge in [0.15, 0.2) is 0 Å². The number of piperazine rings is 1. The fourth-order valence-electron chi connectivity index (χ4n) is 3.30. The molecule has 2 aromatic heterocycles. The van der Waals surface area contributed by atoms with Gasteiger partial charge in [0, 0.05) is 39.3 Å². The molecule has 136 valence electrons. The number of hydrogen-bond donors (Lipinski definition) is 2. The number of hydrogen-bond acceptors (Lipinski definition) is 8. The van der Waals surface area contributed by atoms with Crippen LogP contribution in [-0.4, -0.2) is 58.3 Å². The molecule has 1 unspecified atom stereocenters. The number of anilines is 2. The lowest BCUT2D eigenvalue weighted by atomic mass is 10.0. The third-order valence-electron chi connectivity index (χ3n) is 4.91. The molecule has 3 heterocycles. The van der Waals surface area contributed by atoms with Gasteiger partial charge in [-0.2, -0.15) is 0 Å². The van der Waals surface area contributed by atoms with Gasteiger partial charge in [-0.1, -0.05) is 17.4 Å². The Kier molecular flexibility index (Phi) is 4.56. The largest absolute Gasteiger partial charge is 0.363 e. The number of aromatic amines is 1. The van der Waals surface area contributed by atoms with Crippen molar-refractivity contribution in [2.75, 3.05) is 43.4 Å². The Morgan fingerprint density at radius 1 is 1.23 bits per heavy atom. The van der Waals surface area contributed by atoms with Crippen LogP contribution in [0.3, 0.4) is 0 Å². The van der Waals surface area contributed by atoms with Gasteiger partial charge in [-0.15, -0.1) is 10.2 Å². The van der Waals surface area contributed by atoms with Crippen molar-refractivity contribution >= 4 is 32.5 Å². The van der Waals surface area contributed by atoms with Gasteiger partial charge in [0.1, 0.15) is 0 Å². The summed E-state index contributed by atoms with van der Waals surface area (Å²) in [6.45, 7) is 5.96. The first-order valence-electron chi connectivity index (χ1n) is 8.63. The highest BCUT2D eigenvalue weighted by Gasteiger charge is 2.24. The Bertz CT molecular complexity index is 961. The topological polar surface area (TPSA) is 90.0 Å². The Hall–Kier alpha value is -2.52. The molecule has 1 fully saturated rings. The van der Waals surface area contributed by atoms with Crippen LogP contribution >= 0.6 is 11.3 Å².